The molecule has 1 amide bonds. The van der Waals surface area contributed by atoms with Gasteiger partial charge in [0, 0.05) is 17.6 Å². The van der Waals surface area contributed by atoms with Gasteiger partial charge in [-0.05, 0) is 48.9 Å². The second-order valence-corrected chi connectivity index (χ2v) is 9.78. The molecule has 0 aliphatic carbocycles. The average molecular weight is 592 g/mol. The zero-order valence-electron chi connectivity index (χ0n) is 21.0. The molecule has 1 aromatic heterocycles. The number of carbonyl (C=O) groups excluding carboxylic acids is 1. The minimum Gasteiger partial charge on any atom is -0.479 e. The Balaban J connectivity index is 1.89. The highest BCUT2D eigenvalue weighted by molar-refractivity contribution is 6.32. The van der Waals surface area contributed by atoms with Gasteiger partial charge >= 0.3 is 12.1 Å². The lowest BCUT2D eigenvalue weighted by Gasteiger charge is -2.25. The van der Waals surface area contributed by atoms with E-state index in [1.807, 2.05) is 0 Å². The number of amides is 1. The molecule has 4 aromatic rings. The van der Waals surface area contributed by atoms with Crippen LogP contribution < -0.4 is 0 Å². The number of rotatable bonds is 7. The Labute approximate surface area is 237 Å². The number of hydrogen-bond acceptors (Lipinski definition) is 4. The molecule has 3 aromatic carbocycles. The molecule has 2 atom stereocenters. The molecule has 0 aliphatic rings. The van der Waals surface area contributed by atoms with Crippen molar-refractivity contribution in [3.63, 3.8) is 0 Å². The second kappa shape index (κ2) is 11.3. The number of carboxylic acid groups (broad SMARTS) is 1. The lowest BCUT2D eigenvalue weighted by Crippen LogP contribution is -2.31. The predicted molar refractivity (Wildman–Crippen MR) is 144 cm³/mol. The smallest absolute Gasteiger partial charge is 0.416 e. The molecule has 0 bridgehead atoms. The van der Waals surface area contributed by atoms with E-state index in [0.29, 0.717) is 21.8 Å². The fourth-order valence-electron chi connectivity index (χ4n) is 4.17. The molecule has 0 fully saturated rings. The minimum atomic E-state index is -4.52. The molecule has 208 valence electrons. The highest BCUT2D eigenvalue weighted by Gasteiger charge is 2.36. The van der Waals surface area contributed by atoms with Gasteiger partial charge in [-0.1, -0.05) is 59.6 Å². The Morgan fingerprint density at radius 2 is 1.57 bits per heavy atom. The van der Waals surface area contributed by atoms with Gasteiger partial charge in [0.1, 0.15) is 0 Å². The Morgan fingerprint density at radius 3 is 2.12 bits per heavy atom. The number of para-hydroxylation sites is 1. The number of nitrogens with zero attached hydrogens (tertiary/aromatic N) is 3. The standard InChI is InChI=1S/C28H22Cl2F3N3O4/c1-15(16-7-11-18(12-8-16)28(31,32)33)35(2)26(38)23-22(25(37)27(39)40)24(17-9-13-19(29)14-10-17)36(34-23)21-6-4-3-5-20(21)30/h3-15,25,37H,1-2H3,(H,39,40)/t15-,25?/m1/s1. The number of aromatic nitrogens is 2. The zero-order valence-corrected chi connectivity index (χ0v) is 22.5. The summed E-state index contributed by atoms with van der Waals surface area (Å²) in [7, 11) is 1.40. The van der Waals surface area contributed by atoms with E-state index in [4.69, 9.17) is 23.2 Å². The highest BCUT2D eigenvalue weighted by Crippen LogP contribution is 2.37. The number of carbonyl (C=O) groups is 2. The van der Waals surface area contributed by atoms with Crippen molar-refractivity contribution in [1.29, 1.82) is 0 Å². The van der Waals surface area contributed by atoms with Crippen LogP contribution in [-0.4, -0.2) is 43.8 Å². The fraction of sp³-hybridized carbons (Fsp3) is 0.179. The molecular formula is C28H22Cl2F3N3O4. The zero-order chi connectivity index (χ0) is 29.4. The first kappa shape index (κ1) is 29.1. The number of benzene rings is 3. The maximum Gasteiger partial charge on any atom is 0.416 e. The maximum atomic E-state index is 13.8. The molecule has 1 unspecified atom stereocenters. The van der Waals surface area contributed by atoms with E-state index in [2.05, 4.69) is 5.10 Å². The molecule has 0 saturated carbocycles. The second-order valence-electron chi connectivity index (χ2n) is 8.93. The summed E-state index contributed by atoms with van der Waals surface area (Å²) in [6.45, 7) is 1.60. The van der Waals surface area contributed by atoms with Crippen molar-refractivity contribution in [1.82, 2.24) is 14.7 Å². The molecule has 0 aliphatic heterocycles. The number of aliphatic hydroxyl groups is 1. The van der Waals surface area contributed by atoms with Gasteiger partial charge in [0.2, 0.25) is 0 Å². The van der Waals surface area contributed by atoms with Crippen molar-refractivity contribution in [3.05, 3.63) is 105 Å². The molecule has 0 spiro atoms. The van der Waals surface area contributed by atoms with Gasteiger partial charge in [0.15, 0.2) is 11.8 Å². The lowest BCUT2D eigenvalue weighted by atomic mass is 9.99. The van der Waals surface area contributed by atoms with Crippen molar-refractivity contribution in [2.45, 2.75) is 25.2 Å². The van der Waals surface area contributed by atoms with Gasteiger partial charge in [-0.25, -0.2) is 9.48 Å². The molecule has 12 heteroatoms. The Kier molecular flexibility index (Phi) is 8.25. The molecule has 0 radical (unpaired) electrons. The first-order valence-electron chi connectivity index (χ1n) is 11.8. The summed E-state index contributed by atoms with van der Waals surface area (Å²) in [5, 5.41) is 25.6. The van der Waals surface area contributed by atoms with Crippen LogP contribution >= 0.6 is 23.2 Å². The van der Waals surface area contributed by atoms with Crippen molar-refractivity contribution < 1.29 is 33.0 Å². The summed E-state index contributed by atoms with van der Waals surface area (Å²) in [5.74, 6) is -2.40. The van der Waals surface area contributed by atoms with Crippen molar-refractivity contribution in [2.24, 2.45) is 0 Å². The van der Waals surface area contributed by atoms with Crippen LogP contribution in [0, 0.1) is 0 Å². The van der Waals surface area contributed by atoms with Crippen molar-refractivity contribution >= 4 is 35.1 Å². The monoisotopic (exact) mass is 591 g/mol. The molecule has 0 saturated heterocycles. The number of hydrogen-bond donors (Lipinski definition) is 2. The average Bonchev–Trinajstić information content (AvgIpc) is 3.31. The van der Waals surface area contributed by atoms with Gasteiger partial charge in [-0.3, -0.25) is 4.79 Å². The first-order chi connectivity index (χ1) is 18.8. The third-order valence-electron chi connectivity index (χ3n) is 6.45. The minimum absolute atomic E-state index is 0.0959. The van der Waals surface area contributed by atoms with Crippen molar-refractivity contribution in [2.75, 3.05) is 7.05 Å². The topological polar surface area (TPSA) is 95.7 Å². The van der Waals surface area contributed by atoms with E-state index >= 15 is 0 Å². The van der Waals surface area contributed by atoms with Crippen LogP contribution in [0.25, 0.3) is 16.9 Å². The summed E-state index contributed by atoms with van der Waals surface area (Å²) in [5.41, 5.74) is -0.302. The molecule has 4 rings (SSSR count). The number of aliphatic carboxylic acids is 1. The van der Waals surface area contributed by atoms with E-state index < -0.39 is 35.8 Å². The number of alkyl halides is 3. The SMILES string of the molecule is C[C@H](c1ccc(C(F)(F)F)cc1)N(C)C(=O)c1nn(-c2ccccc2Cl)c(-c2ccc(Cl)cc2)c1C(O)C(=O)O. The lowest BCUT2D eigenvalue weighted by molar-refractivity contribution is -0.147. The molecule has 1 heterocycles. The first-order valence-corrected chi connectivity index (χ1v) is 12.6. The van der Waals surface area contributed by atoms with Gasteiger partial charge in [0.25, 0.3) is 5.91 Å². The highest BCUT2D eigenvalue weighted by atomic mass is 35.5. The van der Waals surface area contributed by atoms with E-state index in [1.165, 1.54) is 28.8 Å². The van der Waals surface area contributed by atoms with E-state index in [0.717, 1.165) is 12.1 Å². The van der Waals surface area contributed by atoms with Crippen molar-refractivity contribution in [3.8, 4) is 16.9 Å². The van der Waals surface area contributed by atoms with Crippen LogP contribution in [0.2, 0.25) is 10.0 Å². The van der Waals surface area contributed by atoms with E-state index in [-0.39, 0.29) is 22.0 Å². The normalized spacial score (nSPS) is 13.1. The quantitative estimate of drug-likeness (QED) is 0.246. The van der Waals surface area contributed by atoms with Crippen LogP contribution in [0.1, 0.15) is 46.2 Å². The number of aliphatic hydroxyl groups excluding tert-OH is 1. The fourth-order valence-corrected chi connectivity index (χ4v) is 4.51. The summed E-state index contributed by atoms with van der Waals surface area (Å²) in [6, 6.07) is 16.4. The van der Waals surface area contributed by atoms with E-state index in [9.17, 15) is 33.0 Å². The van der Waals surface area contributed by atoms with Gasteiger partial charge in [-0.2, -0.15) is 18.3 Å². The largest absolute Gasteiger partial charge is 0.479 e. The van der Waals surface area contributed by atoms with Crippen LogP contribution in [0.15, 0.2) is 72.8 Å². The predicted octanol–water partition coefficient (Wildman–Crippen LogP) is 6.82. The van der Waals surface area contributed by atoms with E-state index in [1.54, 1.807) is 55.5 Å². The third kappa shape index (κ3) is 5.70. The molecular weight excluding hydrogens is 570 g/mol. The Hall–Kier alpha value is -3.86. The molecule has 2 N–H and O–H groups in total. The van der Waals surface area contributed by atoms with Crippen LogP contribution in [0.5, 0.6) is 0 Å². The maximum absolute atomic E-state index is 13.8. The van der Waals surface area contributed by atoms with Crippen LogP contribution in [-0.2, 0) is 11.0 Å². The molecule has 7 nitrogen and oxygen atoms in total. The summed E-state index contributed by atoms with van der Waals surface area (Å²) in [6.07, 6.45) is -6.68. The summed E-state index contributed by atoms with van der Waals surface area (Å²) in [4.78, 5) is 27.0. The molecule has 40 heavy (non-hydrogen) atoms. The van der Waals surface area contributed by atoms with Crippen LogP contribution in [0.3, 0.4) is 0 Å². The van der Waals surface area contributed by atoms with Gasteiger partial charge in [0.05, 0.1) is 33.6 Å². The van der Waals surface area contributed by atoms with Gasteiger partial charge < -0.3 is 15.1 Å². The number of halogens is 5. The summed E-state index contributed by atoms with van der Waals surface area (Å²) >= 11 is 12.5. The Morgan fingerprint density at radius 1 is 0.975 bits per heavy atom. The van der Waals surface area contributed by atoms with Gasteiger partial charge in [-0.15, -0.1) is 0 Å². The number of carboxylic acids is 1. The Bertz CT molecular complexity index is 1550. The summed E-state index contributed by atoms with van der Waals surface area (Å²) < 4.78 is 40.3. The van der Waals surface area contributed by atoms with Crippen LogP contribution in [0.4, 0.5) is 13.2 Å². The third-order valence-corrected chi connectivity index (χ3v) is 7.02.